The maximum Gasteiger partial charge on any atom is 0.367 e. The number of aliphatic hydroxyl groups is 8. The Hall–Kier alpha value is -2.93. The lowest BCUT2D eigenvalue weighted by Crippen LogP contribution is -2.74. The fourth-order valence-corrected chi connectivity index (χ4v) is 6.75. The summed E-state index contributed by atoms with van der Waals surface area (Å²) >= 11 is 0. The van der Waals surface area contributed by atoms with Gasteiger partial charge in [-0.1, -0.05) is 30.3 Å². The van der Waals surface area contributed by atoms with Gasteiger partial charge in [0.05, 0.1) is 38.6 Å². The third-order valence-electron chi connectivity index (χ3n) is 9.31. The second kappa shape index (κ2) is 17.0. The molecule has 4 aliphatic rings. The van der Waals surface area contributed by atoms with Crippen LogP contribution in [0.5, 0.6) is 0 Å². The average molecular weight is 747 g/mol. The van der Waals surface area contributed by atoms with Crippen molar-refractivity contribution in [2.24, 2.45) is 0 Å². The zero-order valence-corrected chi connectivity index (χ0v) is 28.2. The van der Waals surface area contributed by atoms with Crippen molar-refractivity contribution in [2.75, 3.05) is 19.8 Å². The van der Waals surface area contributed by atoms with Crippen molar-refractivity contribution in [3.63, 3.8) is 0 Å². The molecule has 52 heavy (non-hydrogen) atoms. The first-order chi connectivity index (χ1) is 24.7. The molecule has 0 unspecified atom stereocenters. The minimum atomic E-state index is -2.57. The van der Waals surface area contributed by atoms with Gasteiger partial charge in [0.15, 0.2) is 18.7 Å². The lowest BCUT2D eigenvalue weighted by atomic mass is 9.87. The molecular weight excluding hydrogens is 700 g/mol. The van der Waals surface area contributed by atoms with Crippen molar-refractivity contribution >= 4 is 17.8 Å². The number of amides is 2. The number of carbonyl (C=O) groups is 3. The standard InChI is InChI=1S/C32H46N2O18/c1-13(38)33-20-16(40)8-32(51-26(20)22(42)17(41)9-35)31(45)50-28-27(52-32)24(44)19(11-37)48-30(28)49-25-21(34-14(2)39)29(47-18(10-36)23(25)43)46-12-15-6-4-3-5-7-15/h3-7,16-30,35-37,40-44H,8-12H2,1-2H3,(H,33,38)(H,34,39)/t16-,17+,18+,19+,20-,21+,22+,23-,24-,25+,26-,27-,28+,29-,30-,32-/m0/s1. The molecule has 20 heteroatoms. The van der Waals surface area contributed by atoms with Gasteiger partial charge in [-0.2, -0.15) is 0 Å². The molecule has 4 heterocycles. The lowest BCUT2D eigenvalue weighted by molar-refractivity contribution is -0.405. The Morgan fingerprint density at radius 3 is 2.12 bits per heavy atom. The normalized spacial score (nSPS) is 40.3. The van der Waals surface area contributed by atoms with E-state index < -0.39 is 142 Å². The van der Waals surface area contributed by atoms with E-state index in [0.29, 0.717) is 0 Å². The van der Waals surface area contributed by atoms with Crippen LogP contribution in [0.1, 0.15) is 25.8 Å². The Kier molecular flexibility index (Phi) is 13.2. The summed E-state index contributed by atoms with van der Waals surface area (Å²) in [7, 11) is 0. The molecular formula is C32H46N2O18. The summed E-state index contributed by atoms with van der Waals surface area (Å²) < 4.78 is 41.2. The van der Waals surface area contributed by atoms with E-state index in [1.165, 1.54) is 6.92 Å². The molecule has 5 rings (SSSR count). The van der Waals surface area contributed by atoms with Gasteiger partial charge in [0.2, 0.25) is 11.8 Å². The molecule has 4 fully saturated rings. The largest absolute Gasteiger partial charge is 0.450 e. The summed E-state index contributed by atoms with van der Waals surface area (Å²) in [6, 6.07) is 6.22. The van der Waals surface area contributed by atoms with E-state index in [4.69, 9.17) is 33.2 Å². The summed E-state index contributed by atoms with van der Waals surface area (Å²) in [5.41, 5.74) is 0.731. The van der Waals surface area contributed by atoms with Crippen molar-refractivity contribution in [1.82, 2.24) is 10.6 Å². The number of benzene rings is 1. The van der Waals surface area contributed by atoms with E-state index >= 15 is 0 Å². The maximum atomic E-state index is 13.8. The number of fused-ring (bicyclic) bond motifs is 1. The van der Waals surface area contributed by atoms with Crippen LogP contribution in [0.4, 0.5) is 0 Å². The second-order valence-corrected chi connectivity index (χ2v) is 13.1. The highest BCUT2D eigenvalue weighted by molar-refractivity contribution is 5.79. The van der Waals surface area contributed by atoms with Gasteiger partial charge in [-0.3, -0.25) is 9.59 Å². The molecule has 16 atom stereocenters. The molecule has 0 aliphatic carbocycles. The zero-order chi connectivity index (χ0) is 37.9. The van der Waals surface area contributed by atoms with Crippen LogP contribution < -0.4 is 10.6 Å². The summed E-state index contributed by atoms with van der Waals surface area (Å²) in [5.74, 6) is -5.14. The van der Waals surface area contributed by atoms with Gasteiger partial charge in [-0.05, 0) is 5.56 Å². The molecule has 1 spiro atoms. The number of aliphatic hydroxyl groups excluding tert-OH is 8. The van der Waals surface area contributed by atoms with Crippen LogP contribution in [0.25, 0.3) is 0 Å². The molecule has 4 aliphatic heterocycles. The lowest BCUT2D eigenvalue weighted by Gasteiger charge is -2.54. The third kappa shape index (κ3) is 8.40. The van der Waals surface area contributed by atoms with Crippen molar-refractivity contribution < 1.29 is 88.4 Å². The SMILES string of the molecule is CC(=O)N[C@@H]1[C@@H]([C@H](O)[C@H](O)CO)O[C@@]2(C[C@@H]1O)O[C@H]1[C@@H](O)[C@@H](CO)O[C@@H](O[C@H]3[C@@H](O)[C@@H](CO)O[C@H](OCc4ccccc4)[C@@H]3NC(C)=O)[C@@H]1OC2=O. The molecule has 20 nitrogen and oxygen atoms in total. The van der Waals surface area contributed by atoms with Crippen molar-refractivity contribution in [2.45, 2.75) is 124 Å². The molecule has 0 saturated carbocycles. The van der Waals surface area contributed by atoms with Crippen LogP contribution >= 0.6 is 0 Å². The van der Waals surface area contributed by atoms with E-state index in [1.54, 1.807) is 30.3 Å². The number of nitrogens with one attached hydrogen (secondary N) is 2. The number of hydrogen-bond donors (Lipinski definition) is 10. The molecule has 4 saturated heterocycles. The number of rotatable bonds is 12. The van der Waals surface area contributed by atoms with Gasteiger partial charge in [0.25, 0.3) is 5.79 Å². The fourth-order valence-electron chi connectivity index (χ4n) is 6.75. The predicted molar refractivity (Wildman–Crippen MR) is 167 cm³/mol. The monoisotopic (exact) mass is 746 g/mol. The molecule has 1 aromatic rings. The fraction of sp³-hybridized carbons (Fsp3) is 0.719. The molecule has 1 aromatic carbocycles. The Balaban J connectivity index is 1.43. The average Bonchev–Trinajstić information content (AvgIpc) is 3.11. The highest BCUT2D eigenvalue weighted by Gasteiger charge is 2.65. The van der Waals surface area contributed by atoms with Gasteiger partial charge in [0.1, 0.15) is 61.0 Å². The van der Waals surface area contributed by atoms with E-state index in [9.17, 15) is 55.2 Å². The Labute approximate surface area is 297 Å². The van der Waals surface area contributed by atoms with E-state index in [-0.39, 0.29) is 6.61 Å². The Bertz CT molecular complexity index is 1380. The quantitative estimate of drug-likeness (QED) is 0.0893. The van der Waals surface area contributed by atoms with Gasteiger partial charge in [-0.25, -0.2) is 4.79 Å². The summed E-state index contributed by atoms with van der Waals surface area (Å²) in [6.07, 6.45) is -22.1. The molecule has 0 aromatic heterocycles. The first kappa shape index (κ1) is 40.3. The predicted octanol–water partition coefficient (Wildman–Crippen LogP) is -5.38. The summed E-state index contributed by atoms with van der Waals surface area (Å²) in [6.45, 7) is -0.229. The van der Waals surface area contributed by atoms with Crippen molar-refractivity contribution in [3.05, 3.63) is 35.9 Å². The number of ether oxygens (including phenoxy) is 7. The number of esters is 1. The highest BCUT2D eigenvalue weighted by atomic mass is 16.8. The Morgan fingerprint density at radius 2 is 1.50 bits per heavy atom. The molecule has 0 radical (unpaired) electrons. The summed E-state index contributed by atoms with van der Waals surface area (Å²) in [4.78, 5) is 38.0. The maximum absolute atomic E-state index is 13.8. The Morgan fingerprint density at radius 1 is 0.885 bits per heavy atom. The van der Waals surface area contributed by atoms with Gasteiger partial charge >= 0.3 is 5.97 Å². The number of carbonyl (C=O) groups excluding carboxylic acids is 3. The summed E-state index contributed by atoms with van der Waals surface area (Å²) in [5, 5.41) is 89.2. The van der Waals surface area contributed by atoms with E-state index in [1.807, 2.05) is 0 Å². The van der Waals surface area contributed by atoms with Crippen molar-refractivity contribution in [1.29, 1.82) is 0 Å². The van der Waals surface area contributed by atoms with Crippen LogP contribution in [-0.2, 0) is 54.1 Å². The minimum absolute atomic E-state index is 0.0147. The van der Waals surface area contributed by atoms with Crippen LogP contribution in [0.2, 0.25) is 0 Å². The molecule has 0 bridgehead atoms. The van der Waals surface area contributed by atoms with Crippen LogP contribution in [0.15, 0.2) is 30.3 Å². The zero-order valence-electron chi connectivity index (χ0n) is 28.2. The van der Waals surface area contributed by atoms with Gasteiger partial charge in [0, 0.05) is 20.3 Å². The van der Waals surface area contributed by atoms with Crippen LogP contribution in [0, 0.1) is 0 Å². The smallest absolute Gasteiger partial charge is 0.367 e. The van der Waals surface area contributed by atoms with Crippen molar-refractivity contribution in [3.8, 4) is 0 Å². The van der Waals surface area contributed by atoms with Crippen LogP contribution in [-0.4, -0.2) is 176 Å². The molecule has 292 valence electrons. The topological polar surface area (TPSA) is 302 Å². The highest BCUT2D eigenvalue weighted by Crippen LogP contribution is 2.43. The first-order valence-electron chi connectivity index (χ1n) is 16.7. The molecule has 10 N–H and O–H groups in total. The van der Waals surface area contributed by atoms with Gasteiger partial charge in [-0.15, -0.1) is 0 Å². The molecule has 2 amide bonds. The minimum Gasteiger partial charge on any atom is -0.450 e. The number of hydrogen-bond acceptors (Lipinski definition) is 18. The van der Waals surface area contributed by atoms with Gasteiger partial charge < -0.3 is 84.6 Å². The van der Waals surface area contributed by atoms with E-state index in [0.717, 1.165) is 12.5 Å². The third-order valence-corrected chi connectivity index (χ3v) is 9.31. The second-order valence-electron chi connectivity index (χ2n) is 13.1. The van der Waals surface area contributed by atoms with E-state index in [2.05, 4.69) is 10.6 Å². The van der Waals surface area contributed by atoms with Crippen LogP contribution in [0.3, 0.4) is 0 Å². The first-order valence-corrected chi connectivity index (χ1v) is 16.7.